The van der Waals surface area contributed by atoms with Crippen LogP contribution in [0.5, 0.6) is 0 Å². The molecule has 1 fully saturated rings. The number of aryl methyl sites for hydroxylation is 1. The van der Waals surface area contributed by atoms with Crippen LogP contribution in [0.3, 0.4) is 0 Å². The molecule has 0 aliphatic carbocycles. The molecule has 1 aliphatic rings. The van der Waals surface area contributed by atoms with Crippen molar-refractivity contribution in [3.05, 3.63) is 35.1 Å². The number of rotatable bonds is 2. The summed E-state index contributed by atoms with van der Waals surface area (Å²) in [6, 6.07) is 4.87. The fraction of sp³-hybridized carbons (Fsp3) is 0.455. The highest BCUT2D eigenvalue weighted by Gasteiger charge is 2.28. The van der Waals surface area contributed by atoms with Crippen LogP contribution in [-0.4, -0.2) is 18.6 Å². The van der Waals surface area contributed by atoms with E-state index in [9.17, 15) is 4.39 Å². The Morgan fingerprint density at radius 1 is 1.53 bits per heavy atom. The van der Waals surface area contributed by atoms with Gasteiger partial charge in [-0.15, -0.1) is 11.6 Å². The predicted molar refractivity (Wildman–Crippen MR) is 55.4 cm³/mol. The molecule has 2 unspecified atom stereocenters. The van der Waals surface area contributed by atoms with Crippen molar-refractivity contribution in [1.82, 2.24) is 0 Å². The molecule has 0 spiro atoms. The molecule has 2 nitrogen and oxygen atoms in total. The van der Waals surface area contributed by atoms with E-state index in [1.807, 2.05) is 6.92 Å². The zero-order chi connectivity index (χ0) is 10.8. The van der Waals surface area contributed by atoms with E-state index < -0.39 is 6.29 Å². The Kier molecular flexibility index (Phi) is 3.24. The van der Waals surface area contributed by atoms with Crippen molar-refractivity contribution in [2.75, 3.05) is 12.5 Å². The van der Waals surface area contributed by atoms with Crippen LogP contribution in [0.4, 0.5) is 4.39 Å². The Morgan fingerprint density at radius 2 is 2.33 bits per heavy atom. The van der Waals surface area contributed by atoms with Crippen molar-refractivity contribution in [3.8, 4) is 0 Å². The van der Waals surface area contributed by atoms with Crippen molar-refractivity contribution in [2.45, 2.75) is 19.3 Å². The number of alkyl halides is 1. The average Bonchev–Trinajstić information content (AvgIpc) is 2.70. The van der Waals surface area contributed by atoms with Crippen LogP contribution in [0.15, 0.2) is 18.2 Å². The number of halogens is 2. The van der Waals surface area contributed by atoms with Gasteiger partial charge < -0.3 is 9.47 Å². The van der Waals surface area contributed by atoms with Crippen LogP contribution in [0.1, 0.15) is 17.4 Å². The lowest BCUT2D eigenvalue weighted by atomic mass is 10.1. The summed E-state index contributed by atoms with van der Waals surface area (Å²) >= 11 is 5.63. The van der Waals surface area contributed by atoms with Crippen LogP contribution in [0.2, 0.25) is 0 Å². The van der Waals surface area contributed by atoms with E-state index in [4.69, 9.17) is 21.1 Å². The SMILES string of the molecule is Cc1ccc(F)c(C2OCC(CCl)O2)c1. The van der Waals surface area contributed by atoms with Gasteiger partial charge in [-0.25, -0.2) is 4.39 Å². The number of hydrogen-bond donors (Lipinski definition) is 0. The van der Waals surface area contributed by atoms with E-state index in [1.165, 1.54) is 6.07 Å². The standard InChI is InChI=1S/C11H12ClFO2/c1-7-2-3-10(13)9(4-7)11-14-6-8(5-12)15-11/h2-4,8,11H,5-6H2,1H3. The van der Waals surface area contributed by atoms with Crippen LogP contribution >= 0.6 is 11.6 Å². The van der Waals surface area contributed by atoms with Crippen molar-refractivity contribution in [2.24, 2.45) is 0 Å². The van der Waals surface area contributed by atoms with Gasteiger partial charge in [-0.2, -0.15) is 0 Å². The minimum absolute atomic E-state index is 0.142. The topological polar surface area (TPSA) is 18.5 Å². The van der Waals surface area contributed by atoms with Crippen LogP contribution in [-0.2, 0) is 9.47 Å². The van der Waals surface area contributed by atoms with Gasteiger partial charge >= 0.3 is 0 Å². The third-order valence-electron chi connectivity index (χ3n) is 2.33. The minimum Gasteiger partial charge on any atom is -0.346 e. The zero-order valence-electron chi connectivity index (χ0n) is 8.37. The number of hydrogen-bond acceptors (Lipinski definition) is 2. The summed E-state index contributed by atoms with van der Waals surface area (Å²) in [5.74, 6) is 0.0602. The van der Waals surface area contributed by atoms with Crippen molar-refractivity contribution < 1.29 is 13.9 Å². The molecule has 1 aromatic carbocycles. The third kappa shape index (κ3) is 2.30. The van der Waals surface area contributed by atoms with Gasteiger partial charge in [0.05, 0.1) is 18.6 Å². The normalized spacial score (nSPS) is 25.8. The molecule has 4 heteroatoms. The van der Waals surface area contributed by atoms with Gasteiger partial charge in [-0.05, 0) is 19.1 Å². The largest absolute Gasteiger partial charge is 0.346 e. The van der Waals surface area contributed by atoms with Crippen LogP contribution in [0, 0.1) is 12.7 Å². The highest BCUT2D eigenvalue weighted by atomic mass is 35.5. The number of benzene rings is 1. The molecule has 0 radical (unpaired) electrons. The summed E-state index contributed by atoms with van der Waals surface area (Å²) in [6.45, 7) is 2.32. The molecule has 1 aromatic rings. The fourth-order valence-corrected chi connectivity index (χ4v) is 1.70. The molecule has 0 bridgehead atoms. The van der Waals surface area contributed by atoms with Gasteiger partial charge in [0.25, 0.3) is 0 Å². The van der Waals surface area contributed by atoms with E-state index in [2.05, 4.69) is 0 Å². The quantitative estimate of drug-likeness (QED) is 0.728. The first-order valence-corrected chi connectivity index (χ1v) is 5.33. The molecule has 1 saturated heterocycles. The van der Waals surface area contributed by atoms with Gasteiger partial charge in [-0.1, -0.05) is 11.6 Å². The second-order valence-electron chi connectivity index (χ2n) is 3.60. The molecule has 15 heavy (non-hydrogen) atoms. The van der Waals surface area contributed by atoms with E-state index in [1.54, 1.807) is 12.1 Å². The Balaban J connectivity index is 2.19. The molecule has 1 heterocycles. The van der Waals surface area contributed by atoms with Gasteiger partial charge in [0.15, 0.2) is 6.29 Å². The molecular formula is C11H12ClFO2. The maximum absolute atomic E-state index is 13.5. The van der Waals surface area contributed by atoms with Gasteiger partial charge in [0.2, 0.25) is 0 Å². The second-order valence-corrected chi connectivity index (χ2v) is 3.91. The fourth-order valence-electron chi connectivity index (χ4n) is 1.54. The summed E-state index contributed by atoms with van der Waals surface area (Å²) in [7, 11) is 0. The molecular weight excluding hydrogens is 219 g/mol. The first-order chi connectivity index (χ1) is 7.20. The maximum atomic E-state index is 13.5. The van der Waals surface area contributed by atoms with E-state index >= 15 is 0 Å². The van der Waals surface area contributed by atoms with Crippen molar-refractivity contribution >= 4 is 11.6 Å². The summed E-state index contributed by atoms with van der Waals surface area (Å²) in [5.41, 5.74) is 1.43. The maximum Gasteiger partial charge on any atom is 0.187 e. The summed E-state index contributed by atoms with van der Waals surface area (Å²) in [6.07, 6.45) is -0.759. The van der Waals surface area contributed by atoms with Crippen molar-refractivity contribution in [3.63, 3.8) is 0 Å². The summed E-state index contributed by atoms with van der Waals surface area (Å²) < 4.78 is 24.2. The molecule has 2 atom stereocenters. The smallest absolute Gasteiger partial charge is 0.187 e. The minimum atomic E-state index is -0.617. The molecule has 0 saturated carbocycles. The van der Waals surface area contributed by atoms with Crippen LogP contribution < -0.4 is 0 Å². The number of ether oxygens (including phenoxy) is 2. The summed E-state index contributed by atoms with van der Waals surface area (Å²) in [4.78, 5) is 0. The van der Waals surface area contributed by atoms with Gasteiger partial charge in [0.1, 0.15) is 5.82 Å². The Hall–Kier alpha value is -0.640. The molecule has 82 valence electrons. The van der Waals surface area contributed by atoms with E-state index in [-0.39, 0.29) is 11.9 Å². The lowest BCUT2D eigenvalue weighted by molar-refractivity contribution is -0.0589. The first-order valence-electron chi connectivity index (χ1n) is 4.80. The Labute approximate surface area is 92.9 Å². The lowest BCUT2D eigenvalue weighted by Gasteiger charge is -2.12. The zero-order valence-corrected chi connectivity index (χ0v) is 9.13. The van der Waals surface area contributed by atoms with Gasteiger partial charge in [0, 0.05) is 5.56 Å². The lowest BCUT2D eigenvalue weighted by Crippen LogP contribution is -2.11. The van der Waals surface area contributed by atoms with E-state index in [0.29, 0.717) is 18.1 Å². The highest BCUT2D eigenvalue weighted by Crippen LogP contribution is 2.29. The predicted octanol–water partition coefficient (Wildman–Crippen LogP) is 2.79. The van der Waals surface area contributed by atoms with Crippen LogP contribution in [0.25, 0.3) is 0 Å². The molecule has 1 aliphatic heterocycles. The molecule has 0 aromatic heterocycles. The van der Waals surface area contributed by atoms with Gasteiger partial charge in [-0.3, -0.25) is 0 Å². The molecule has 0 amide bonds. The Morgan fingerprint density at radius 3 is 3.00 bits per heavy atom. The first kappa shape index (κ1) is 10.9. The molecule has 2 rings (SSSR count). The van der Waals surface area contributed by atoms with Crippen molar-refractivity contribution in [1.29, 1.82) is 0 Å². The third-order valence-corrected chi connectivity index (χ3v) is 2.67. The Bertz CT molecular complexity index is 356. The average molecular weight is 231 g/mol. The second kappa shape index (κ2) is 4.47. The molecule has 0 N–H and O–H groups in total. The monoisotopic (exact) mass is 230 g/mol. The summed E-state index contributed by atoms with van der Waals surface area (Å²) in [5, 5.41) is 0. The van der Waals surface area contributed by atoms with E-state index in [0.717, 1.165) is 5.56 Å². The highest BCUT2D eigenvalue weighted by molar-refractivity contribution is 6.18.